The maximum atomic E-state index is 14.1. The van der Waals surface area contributed by atoms with Gasteiger partial charge in [0, 0.05) is 100 Å². The molecule has 4 aromatic heterocycles. The number of unbranched alkanes of at least 4 members (excludes halogenated alkanes) is 1. The van der Waals surface area contributed by atoms with E-state index in [0.29, 0.717) is 71.6 Å². The Hall–Kier alpha value is -10.9. The molecule has 0 aliphatic carbocycles. The summed E-state index contributed by atoms with van der Waals surface area (Å²) in [4.78, 5) is 159. The van der Waals surface area contributed by atoms with Crippen molar-refractivity contribution in [2.24, 2.45) is 11.8 Å². The van der Waals surface area contributed by atoms with Gasteiger partial charge in [-0.25, -0.2) is 24.4 Å². The minimum Gasteiger partial charge on any atom is -0.481 e. The number of alkyl halides is 1. The number of anilines is 3. The Balaban J connectivity index is 0.000000238. The molecular weight excluding hydrogens is 1380 g/mol. The predicted molar refractivity (Wildman–Crippen MR) is 385 cm³/mol. The summed E-state index contributed by atoms with van der Waals surface area (Å²) in [5, 5.41) is 48.8. The number of nitrogens with one attached hydrogen (secondary N) is 6. The summed E-state index contributed by atoms with van der Waals surface area (Å²) in [5.74, 6) is -7.23. The van der Waals surface area contributed by atoms with E-state index in [1.807, 2.05) is 78.9 Å². The van der Waals surface area contributed by atoms with E-state index >= 15 is 0 Å². The molecule has 0 radical (unpaired) electrons. The minimum atomic E-state index is -1.48. The Morgan fingerprint density at radius 2 is 1.43 bits per heavy atom. The lowest BCUT2D eigenvalue weighted by Gasteiger charge is -2.18. The molecule has 0 bridgehead atoms. The number of nitrogens with zero attached hydrogens (tertiary/aromatic N) is 4. The first-order chi connectivity index (χ1) is 49.0. The van der Waals surface area contributed by atoms with Gasteiger partial charge in [0.2, 0.25) is 11.9 Å². The van der Waals surface area contributed by atoms with Crippen LogP contribution in [0.4, 0.5) is 22.1 Å². The third-order valence-electron chi connectivity index (χ3n) is 16.9. The number of aromatic amines is 3. The molecule has 0 saturated heterocycles. The zero-order valence-electron chi connectivity index (χ0n) is 55.3. The number of para-hydroxylation sites is 1. The van der Waals surface area contributed by atoms with Crippen LogP contribution in [0, 0.1) is 11.8 Å². The summed E-state index contributed by atoms with van der Waals surface area (Å²) in [7, 11) is 3.34. The number of carboxylic acids is 4. The first-order valence-corrected chi connectivity index (χ1v) is 35.6. The van der Waals surface area contributed by atoms with Gasteiger partial charge in [-0.05, 0) is 96.8 Å². The maximum absolute atomic E-state index is 14.1. The molecule has 10 rings (SSSR count). The molecule has 0 fully saturated rings. The SMILES string of the molecule is CC(CCCCC(NC(=O)CCC(CC(=O)CCC(NC(=O)c1ccc(NCc2cnc3nc(N)[nH]c(=O)c3n2)cc1)C(=O)O)C(=O)O)C(=O)O)C(=O)O.CCSSCCOC(=O)Oc1cc2c(c3ccccc13)C(CCl)CN2C(=O)c1cc2cc(CC(=O)c3cc4ccccc4[nH]3)ccc2[nH]1. The highest BCUT2D eigenvalue weighted by Gasteiger charge is 2.36. The summed E-state index contributed by atoms with van der Waals surface area (Å²) in [6.45, 7) is 4.37. The molecule has 1 aliphatic rings. The summed E-state index contributed by atoms with van der Waals surface area (Å²) in [5.41, 5.74) is 11.3. The molecule has 12 N–H and O–H groups in total. The van der Waals surface area contributed by atoms with Crippen molar-refractivity contribution < 1.29 is 77.8 Å². The van der Waals surface area contributed by atoms with Crippen LogP contribution >= 0.6 is 33.2 Å². The topological polar surface area (TPSA) is 439 Å². The smallest absolute Gasteiger partial charge is 0.481 e. The number of ketones is 2. The second-order valence-corrected chi connectivity index (χ2v) is 27.3. The van der Waals surface area contributed by atoms with Gasteiger partial charge in [0.15, 0.2) is 16.9 Å². The van der Waals surface area contributed by atoms with Crippen LogP contribution in [0.25, 0.3) is 43.7 Å². The number of ether oxygens (including phenoxy) is 2. The molecular formula is C71H74ClN11O17S2. The predicted octanol–water partition coefficient (Wildman–Crippen LogP) is 10.3. The largest absolute Gasteiger partial charge is 0.513 e. The molecule has 5 atom stereocenters. The van der Waals surface area contributed by atoms with Crippen molar-refractivity contribution >= 4 is 154 Å². The molecule has 28 nitrogen and oxygen atoms in total. The number of aliphatic carboxylic acids is 4. The lowest BCUT2D eigenvalue weighted by Crippen LogP contribution is -2.41. The monoisotopic (exact) mass is 1450 g/mol. The quantitative estimate of drug-likeness (QED) is 0.00446. The first-order valence-electron chi connectivity index (χ1n) is 32.6. The van der Waals surface area contributed by atoms with Crippen LogP contribution in [-0.2, 0) is 46.5 Å². The van der Waals surface area contributed by atoms with Crippen LogP contribution in [-0.4, -0.2) is 152 Å². The molecule has 5 unspecified atom stereocenters. The maximum Gasteiger partial charge on any atom is 0.513 e. The van der Waals surface area contributed by atoms with Crippen molar-refractivity contribution in [3.05, 3.63) is 160 Å². The zero-order valence-corrected chi connectivity index (χ0v) is 57.7. The van der Waals surface area contributed by atoms with E-state index in [2.05, 4.69) is 52.8 Å². The van der Waals surface area contributed by atoms with Crippen molar-refractivity contribution in [2.45, 2.75) is 103 Å². The molecule has 9 aromatic rings. The zero-order chi connectivity index (χ0) is 73.1. The number of H-pyrrole nitrogens is 3. The first kappa shape index (κ1) is 75.4. The Labute approximate surface area is 595 Å². The number of hydrogen-bond donors (Lipinski definition) is 11. The number of halogens is 1. The van der Waals surface area contributed by atoms with Gasteiger partial charge in [0.1, 0.15) is 35.9 Å². The van der Waals surface area contributed by atoms with Crippen molar-refractivity contribution in [3.8, 4) is 5.75 Å². The minimum absolute atomic E-state index is 0.00936. The summed E-state index contributed by atoms with van der Waals surface area (Å²) >= 11 is 6.48. The standard InChI is InChI=1S/C37H32ClN3O5S2.C34H42N8O12/c1-2-47-48-14-13-45-37(44)46-34-19-32-35(27-9-5-4-8-26(27)34)25(20-38)21-41(32)36(43)31-18-24-15-22(11-12-29(24)40-31)16-33(42)30-17-23-7-3-6-10-28(23)39-30;1-17(30(47)48)4-2-3-5-23(32(51)52)39-25(44)13-8-19(31(49)50)14-22(43)11-12-24(33(53)54)40-28(45)18-6-9-20(10-7-18)36-15-21-16-37-27-26(38-21)29(46)42-34(35)41-27/h3-12,15,17-19,25,39-40H,2,13-14,16,20-21H2,1H3;6-7,9-10,16-17,19,23-24,36H,2-5,8,11-15H2,1H3,(H,39,44)(H,40,45)(H,47,48)(H,49,50)(H,51,52)(H,53,54)(H3,35,37,41,42,46). The number of carbonyl (C=O) groups is 10. The van der Waals surface area contributed by atoms with Crippen LogP contribution in [0.15, 0.2) is 120 Å². The Bertz CT molecular complexity index is 4650. The molecule has 0 saturated carbocycles. The third-order valence-corrected chi connectivity index (χ3v) is 19.7. The highest BCUT2D eigenvalue weighted by molar-refractivity contribution is 8.76. The fraction of sp³-hybridized carbons (Fsp3) is 0.324. The van der Waals surface area contributed by atoms with E-state index in [1.54, 1.807) is 44.7 Å². The van der Waals surface area contributed by atoms with Crippen LogP contribution in [0.2, 0.25) is 0 Å². The Morgan fingerprint density at radius 1 is 0.735 bits per heavy atom. The lowest BCUT2D eigenvalue weighted by atomic mass is 9.94. The molecule has 102 heavy (non-hydrogen) atoms. The van der Waals surface area contributed by atoms with Crippen molar-refractivity contribution in [3.63, 3.8) is 0 Å². The van der Waals surface area contributed by atoms with Gasteiger partial charge in [0.05, 0.1) is 41.7 Å². The van der Waals surface area contributed by atoms with Crippen molar-refractivity contribution in [1.82, 2.24) is 40.5 Å². The van der Waals surface area contributed by atoms with E-state index in [1.165, 1.54) is 25.3 Å². The number of aromatic nitrogens is 6. The van der Waals surface area contributed by atoms with Gasteiger partial charge in [0.25, 0.3) is 17.4 Å². The van der Waals surface area contributed by atoms with Crippen LogP contribution < -0.4 is 36.9 Å². The Morgan fingerprint density at radius 3 is 2.15 bits per heavy atom. The van der Waals surface area contributed by atoms with Crippen LogP contribution in [0.1, 0.15) is 126 Å². The Kier molecular flexibility index (Phi) is 26.2. The van der Waals surface area contributed by atoms with Crippen LogP contribution in [0.5, 0.6) is 5.75 Å². The molecule has 5 heterocycles. The molecule has 534 valence electrons. The number of nitrogens with two attached hydrogens (primary N) is 1. The van der Waals surface area contributed by atoms with E-state index in [0.717, 1.165) is 49.5 Å². The highest BCUT2D eigenvalue weighted by atomic mass is 35.5. The second-order valence-electron chi connectivity index (χ2n) is 24.1. The summed E-state index contributed by atoms with van der Waals surface area (Å²) in [6, 6.07) is 29.8. The third kappa shape index (κ3) is 20.0. The lowest BCUT2D eigenvalue weighted by molar-refractivity contribution is -0.145. The number of rotatable bonds is 34. The number of fused-ring (bicyclic) bond motifs is 6. The van der Waals surface area contributed by atoms with Gasteiger partial charge >= 0.3 is 30.0 Å². The van der Waals surface area contributed by atoms with Crippen molar-refractivity contribution in [2.75, 3.05) is 46.5 Å². The van der Waals surface area contributed by atoms with Gasteiger partial charge in [-0.2, -0.15) is 4.98 Å². The molecule has 1 aliphatic heterocycles. The van der Waals surface area contributed by atoms with E-state index in [-0.39, 0.29) is 85.5 Å². The number of hydrogen-bond acceptors (Lipinski definition) is 20. The van der Waals surface area contributed by atoms with Gasteiger partial charge < -0.3 is 66.5 Å². The fourth-order valence-electron chi connectivity index (χ4n) is 11.5. The van der Waals surface area contributed by atoms with E-state index in [9.17, 15) is 68.1 Å². The number of carbonyl (C=O) groups excluding carboxylic acids is 6. The highest BCUT2D eigenvalue weighted by Crippen LogP contribution is 2.46. The molecule has 31 heteroatoms. The average Bonchev–Trinajstić information content (AvgIpc) is 1.56. The normalized spacial score (nSPS) is 13.6. The number of Topliss-reactive ketones (excluding diaryl/α,β-unsaturated/α-hetero) is 2. The number of carboxylic acid groups (broad SMARTS) is 4. The summed E-state index contributed by atoms with van der Waals surface area (Å²) < 4.78 is 11.0. The number of nitrogen functional groups attached to an aromatic ring is 1. The molecule has 3 amide bonds. The van der Waals surface area contributed by atoms with Crippen LogP contribution in [0.3, 0.4) is 0 Å². The van der Waals surface area contributed by atoms with E-state index in [4.69, 9.17) is 31.9 Å². The van der Waals surface area contributed by atoms with E-state index < -0.39 is 90.0 Å². The van der Waals surface area contributed by atoms with Gasteiger partial charge in [-0.1, -0.05) is 96.8 Å². The average molecular weight is 1450 g/mol. The molecule has 5 aromatic carbocycles. The van der Waals surface area contributed by atoms with Gasteiger partial charge in [-0.3, -0.25) is 43.3 Å². The van der Waals surface area contributed by atoms with Gasteiger partial charge in [-0.15, -0.1) is 11.6 Å². The molecule has 0 spiro atoms. The number of amides is 3. The fourth-order valence-corrected chi connectivity index (χ4v) is 13.3. The van der Waals surface area contributed by atoms with Crippen molar-refractivity contribution in [1.29, 1.82) is 0 Å². The number of benzene rings is 5. The summed E-state index contributed by atoms with van der Waals surface area (Å²) in [6.07, 6.45) is 0.0802. The second kappa shape index (κ2) is 35.5.